The molecule has 0 rings (SSSR count). The largest absolute Gasteiger partial charge is 0.472 e. The molecule has 582 valence electrons. The van der Waals surface area contributed by atoms with Crippen molar-refractivity contribution in [3.05, 3.63) is 146 Å². The van der Waals surface area contributed by atoms with Crippen molar-refractivity contribution in [2.24, 2.45) is 0 Å². The second kappa shape index (κ2) is 74.2. The Morgan fingerprint density at radius 1 is 0.284 bits per heavy atom. The van der Waals surface area contributed by atoms with Crippen LogP contribution >= 0.6 is 15.6 Å². The van der Waals surface area contributed by atoms with Crippen LogP contribution in [0.15, 0.2) is 146 Å². The van der Waals surface area contributed by atoms with Crippen LogP contribution in [0.4, 0.5) is 0 Å². The first-order valence-corrected chi connectivity index (χ1v) is 42.1. The number of unbranched alkanes of at least 4 members (excludes halogenated alkanes) is 22. The van der Waals surface area contributed by atoms with Crippen molar-refractivity contribution >= 4 is 39.5 Å². The third kappa shape index (κ3) is 73.3. The Morgan fingerprint density at radius 2 is 0.510 bits per heavy atom. The van der Waals surface area contributed by atoms with Gasteiger partial charge in [0.25, 0.3) is 0 Å². The minimum atomic E-state index is -5.00. The highest BCUT2D eigenvalue weighted by Gasteiger charge is 2.30. The predicted molar refractivity (Wildman–Crippen MR) is 417 cm³/mol. The molecule has 102 heavy (non-hydrogen) atoms. The Balaban J connectivity index is 5.43. The predicted octanol–water partition coefficient (Wildman–Crippen LogP) is 22.7. The lowest BCUT2D eigenvalue weighted by atomic mass is 10.1. The van der Waals surface area contributed by atoms with Gasteiger partial charge in [-0.1, -0.05) is 257 Å². The summed E-state index contributed by atoms with van der Waals surface area (Å²) in [5.41, 5.74) is 0. The fourth-order valence-electron chi connectivity index (χ4n) is 9.92. The molecule has 5 atom stereocenters. The van der Waals surface area contributed by atoms with E-state index in [1.54, 1.807) is 0 Å². The Labute approximate surface area is 617 Å². The van der Waals surface area contributed by atoms with Gasteiger partial charge in [0.2, 0.25) is 0 Å². The van der Waals surface area contributed by atoms with Crippen LogP contribution in [0.1, 0.15) is 297 Å². The zero-order chi connectivity index (χ0) is 74.6. The quantitative estimate of drug-likeness (QED) is 0.0169. The van der Waals surface area contributed by atoms with E-state index < -0.39 is 97.5 Å². The average Bonchev–Trinajstić information content (AvgIpc) is 0.919. The van der Waals surface area contributed by atoms with E-state index in [2.05, 4.69) is 174 Å². The molecule has 5 unspecified atom stereocenters. The number of carbonyl (C=O) groups is 4. The van der Waals surface area contributed by atoms with Gasteiger partial charge in [0.15, 0.2) is 12.2 Å². The monoisotopic (exact) mass is 1470 g/mol. The SMILES string of the molecule is CC/C=C\C/C=C\C/C=C\C/C=C\CCCCC(=O)OC(COC(=O)CCCCCCCCC/C=C\C/C=C\C/C=C\CC)COP(=O)(O)OCC(O)COP(=O)(O)OCC(COC(=O)CCCCCCC/C=C\C/C=C\C/C=C\CC)OC(=O)CCCCCCC/C=C\C/C=C\CCCCC. The van der Waals surface area contributed by atoms with Crippen molar-refractivity contribution in [1.82, 2.24) is 0 Å². The van der Waals surface area contributed by atoms with Crippen molar-refractivity contribution < 1.29 is 80.2 Å². The number of allylic oxidation sites excluding steroid dienone is 24. The molecule has 0 saturated heterocycles. The summed E-state index contributed by atoms with van der Waals surface area (Å²) >= 11 is 0. The van der Waals surface area contributed by atoms with Crippen LogP contribution < -0.4 is 0 Å². The molecule has 0 amide bonds. The first-order chi connectivity index (χ1) is 49.7. The fraction of sp³-hybridized carbons (Fsp3) is 0.663. The summed E-state index contributed by atoms with van der Waals surface area (Å²) in [5, 5.41) is 10.6. The normalized spacial score (nSPS) is 14.7. The molecule has 0 aromatic rings. The number of phosphoric acid groups is 2. The highest BCUT2D eigenvalue weighted by atomic mass is 31.2. The minimum Gasteiger partial charge on any atom is -0.462 e. The third-order valence-electron chi connectivity index (χ3n) is 15.8. The van der Waals surface area contributed by atoms with Gasteiger partial charge in [0, 0.05) is 25.7 Å². The molecular formula is C83H138O17P2. The molecule has 0 aromatic heterocycles. The van der Waals surface area contributed by atoms with Crippen LogP contribution in [-0.2, 0) is 65.4 Å². The van der Waals surface area contributed by atoms with Gasteiger partial charge in [0.05, 0.1) is 26.4 Å². The van der Waals surface area contributed by atoms with Crippen LogP contribution in [-0.4, -0.2) is 96.7 Å². The number of ether oxygens (including phenoxy) is 4. The molecule has 17 nitrogen and oxygen atoms in total. The maximum atomic E-state index is 13.1. The molecule has 0 heterocycles. The summed E-state index contributed by atoms with van der Waals surface area (Å²) < 4.78 is 68.5. The second-order valence-electron chi connectivity index (χ2n) is 25.5. The first-order valence-electron chi connectivity index (χ1n) is 39.1. The van der Waals surface area contributed by atoms with Gasteiger partial charge in [-0.25, -0.2) is 9.13 Å². The smallest absolute Gasteiger partial charge is 0.462 e. The van der Waals surface area contributed by atoms with Gasteiger partial charge in [-0.15, -0.1) is 0 Å². The molecule has 0 spiro atoms. The first kappa shape index (κ1) is 96.9. The topological polar surface area (TPSA) is 237 Å². The van der Waals surface area contributed by atoms with Crippen molar-refractivity contribution in [2.75, 3.05) is 39.6 Å². The van der Waals surface area contributed by atoms with E-state index in [1.807, 2.05) is 0 Å². The molecule has 0 bridgehead atoms. The van der Waals surface area contributed by atoms with Crippen molar-refractivity contribution in [2.45, 2.75) is 316 Å². The van der Waals surface area contributed by atoms with Crippen molar-refractivity contribution in [3.63, 3.8) is 0 Å². The van der Waals surface area contributed by atoms with E-state index in [-0.39, 0.29) is 25.7 Å². The minimum absolute atomic E-state index is 0.0359. The van der Waals surface area contributed by atoms with E-state index in [4.69, 9.17) is 37.0 Å². The fourth-order valence-corrected chi connectivity index (χ4v) is 11.5. The summed E-state index contributed by atoms with van der Waals surface area (Å²) in [7, 11) is -9.99. The number of hydrogen-bond acceptors (Lipinski definition) is 15. The molecule has 0 aliphatic rings. The van der Waals surface area contributed by atoms with Crippen LogP contribution in [0.2, 0.25) is 0 Å². The van der Waals surface area contributed by atoms with Gasteiger partial charge < -0.3 is 33.8 Å². The number of aliphatic hydroxyl groups is 1. The molecular weight excluding hydrogens is 1330 g/mol. The summed E-state index contributed by atoms with van der Waals surface area (Å²) in [6, 6.07) is 0. The highest BCUT2D eigenvalue weighted by Crippen LogP contribution is 2.45. The number of aliphatic hydroxyl groups excluding tert-OH is 1. The number of hydrogen-bond donors (Lipinski definition) is 3. The highest BCUT2D eigenvalue weighted by molar-refractivity contribution is 7.47. The number of phosphoric ester groups is 2. The maximum Gasteiger partial charge on any atom is 0.472 e. The van der Waals surface area contributed by atoms with E-state index in [0.29, 0.717) is 32.1 Å². The van der Waals surface area contributed by atoms with Gasteiger partial charge in [-0.05, 0) is 161 Å². The standard InChI is InChI=1S/C83H138O17P2/c1-5-9-13-17-21-25-29-33-37-38-42-44-48-52-56-60-64-68-81(86)94-74-79(100-83(88)70-66-62-58-54-50-46-41-36-32-28-24-20-16-12-8-4)76-98-102(91,92)96-72-77(84)71-95-101(89,90)97-75-78(99-82(87)69-65-61-57-53-49-45-40-35-31-27-23-19-15-11-7-3)73-93-80(85)67-63-59-55-51-47-43-39-34-30-26-22-18-14-10-6-2/h9-10,12-14,16,21-28,33-37,39-41,50,54,77-79,84H,5-8,11,15,17-20,29-32,38,42-49,51-53,55-76H2,1-4H3,(H,89,90)(H,91,92)/b13-9-,14-10-,16-12-,25-21-,26-22-,27-23-,28-24-,37-33-,39-34-,40-35-,41-36-,54-50-. The molecule has 0 aromatic carbocycles. The van der Waals surface area contributed by atoms with Crippen molar-refractivity contribution in [3.8, 4) is 0 Å². The molecule has 0 aliphatic heterocycles. The van der Waals surface area contributed by atoms with Crippen LogP contribution in [0.3, 0.4) is 0 Å². The van der Waals surface area contributed by atoms with Crippen molar-refractivity contribution in [1.29, 1.82) is 0 Å². The Kier molecular flexibility index (Phi) is 70.5. The summed E-state index contributed by atoms with van der Waals surface area (Å²) in [6.45, 7) is 4.41. The zero-order valence-electron chi connectivity index (χ0n) is 63.5. The lowest BCUT2D eigenvalue weighted by Crippen LogP contribution is -2.30. The molecule has 19 heteroatoms. The number of carbonyl (C=O) groups excluding carboxylic acids is 4. The Hall–Kier alpha value is -5.06. The number of rotatable bonds is 72. The van der Waals surface area contributed by atoms with Crippen LogP contribution in [0.25, 0.3) is 0 Å². The molecule has 0 saturated carbocycles. The van der Waals surface area contributed by atoms with E-state index in [9.17, 15) is 43.2 Å². The van der Waals surface area contributed by atoms with Gasteiger partial charge in [-0.2, -0.15) is 0 Å². The summed E-state index contributed by atoms with van der Waals surface area (Å²) in [4.78, 5) is 73.0. The van der Waals surface area contributed by atoms with Crippen LogP contribution in [0.5, 0.6) is 0 Å². The summed E-state index contributed by atoms with van der Waals surface area (Å²) in [5.74, 6) is -2.27. The van der Waals surface area contributed by atoms with Gasteiger partial charge in [-0.3, -0.25) is 37.3 Å². The van der Waals surface area contributed by atoms with Gasteiger partial charge >= 0.3 is 39.5 Å². The third-order valence-corrected chi connectivity index (χ3v) is 17.7. The lowest BCUT2D eigenvalue weighted by molar-refractivity contribution is -0.161. The summed E-state index contributed by atoms with van der Waals surface area (Å²) in [6.07, 6.45) is 84.0. The molecule has 0 fully saturated rings. The Morgan fingerprint density at radius 3 is 0.804 bits per heavy atom. The van der Waals surface area contributed by atoms with Crippen LogP contribution in [0, 0.1) is 0 Å². The molecule has 0 aliphatic carbocycles. The average molecular weight is 1470 g/mol. The second-order valence-corrected chi connectivity index (χ2v) is 28.4. The van der Waals surface area contributed by atoms with E-state index >= 15 is 0 Å². The lowest BCUT2D eigenvalue weighted by Gasteiger charge is -2.21. The maximum absolute atomic E-state index is 13.1. The van der Waals surface area contributed by atoms with Gasteiger partial charge in [0.1, 0.15) is 19.3 Å². The van der Waals surface area contributed by atoms with E-state index in [1.165, 1.54) is 19.3 Å². The van der Waals surface area contributed by atoms with E-state index in [0.717, 1.165) is 193 Å². The number of esters is 4. The zero-order valence-corrected chi connectivity index (χ0v) is 65.3. The molecule has 3 N–H and O–H groups in total. The molecule has 0 radical (unpaired) electrons. The Bertz CT molecular complexity index is 2510.